The second-order valence-corrected chi connectivity index (χ2v) is 3.61. The lowest BCUT2D eigenvalue weighted by Gasteiger charge is -2.03. The molecular formula is C13H14FN. The minimum Gasteiger partial charge on any atom is -0.347 e. The van der Waals surface area contributed by atoms with Crippen molar-refractivity contribution in [1.82, 2.24) is 4.57 Å². The number of hydrogen-bond donors (Lipinski definition) is 0. The molecule has 0 radical (unpaired) electrons. The van der Waals surface area contributed by atoms with E-state index in [1.807, 2.05) is 24.4 Å². The zero-order chi connectivity index (χ0) is 10.7. The average molecular weight is 203 g/mol. The number of hydrogen-bond acceptors (Lipinski definition) is 0. The summed E-state index contributed by atoms with van der Waals surface area (Å²) in [5, 5.41) is 0.705. The summed E-state index contributed by atoms with van der Waals surface area (Å²) in [7, 11) is 0. The number of halogens is 1. The highest BCUT2D eigenvalue weighted by Gasteiger charge is 2.03. The Labute approximate surface area is 88.8 Å². The van der Waals surface area contributed by atoms with Crippen LogP contribution < -0.4 is 0 Å². The molecule has 0 bridgehead atoms. The Morgan fingerprint density at radius 1 is 1.33 bits per heavy atom. The van der Waals surface area contributed by atoms with Gasteiger partial charge in [0.15, 0.2) is 0 Å². The Bertz CT molecular complexity index is 470. The molecule has 2 heteroatoms. The van der Waals surface area contributed by atoms with Gasteiger partial charge in [-0.3, -0.25) is 0 Å². The van der Waals surface area contributed by atoms with Gasteiger partial charge in [0.25, 0.3) is 0 Å². The van der Waals surface area contributed by atoms with Crippen molar-refractivity contribution in [2.24, 2.45) is 0 Å². The smallest absolute Gasteiger partial charge is 0.132 e. The van der Waals surface area contributed by atoms with E-state index in [9.17, 15) is 4.39 Å². The number of benzene rings is 1. The van der Waals surface area contributed by atoms with E-state index in [4.69, 9.17) is 0 Å². The minimum atomic E-state index is -0.144. The van der Waals surface area contributed by atoms with Gasteiger partial charge >= 0.3 is 0 Å². The molecule has 1 nitrogen and oxygen atoms in total. The van der Waals surface area contributed by atoms with Crippen molar-refractivity contribution >= 4 is 10.9 Å². The molecule has 1 aromatic heterocycles. The molecule has 0 spiro atoms. The van der Waals surface area contributed by atoms with E-state index in [0.29, 0.717) is 5.39 Å². The third-order valence-electron chi connectivity index (χ3n) is 2.57. The summed E-state index contributed by atoms with van der Waals surface area (Å²) in [6.45, 7) is 4.60. The first-order valence-corrected chi connectivity index (χ1v) is 5.17. The largest absolute Gasteiger partial charge is 0.347 e. The van der Waals surface area contributed by atoms with Crippen LogP contribution in [0.5, 0.6) is 0 Å². The van der Waals surface area contributed by atoms with Gasteiger partial charge in [0.2, 0.25) is 0 Å². The molecule has 0 unspecified atom stereocenters. The molecule has 0 amide bonds. The molecule has 0 aliphatic rings. The van der Waals surface area contributed by atoms with E-state index in [1.165, 1.54) is 6.07 Å². The normalized spacial score (nSPS) is 10.7. The summed E-state index contributed by atoms with van der Waals surface area (Å²) < 4.78 is 15.4. The van der Waals surface area contributed by atoms with Gasteiger partial charge in [-0.1, -0.05) is 12.1 Å². The van der Waals surface area contributed by atoms with Crippen LogP contribution in [-0.2, 0) is 6.54 Å². The van der Waals surface area contributed by atoms with Gasteiger partial charge in [0.1, 0.15) is 5.82 Å². The molecule has 0 aliphatic heterocycles. The maximum Gasteiger partial charge on any atom is 0.132 e. The van der Waals surface area contributed by atoms with Gasteiger partial charge in [-0.25, -0.2) is 4.39 Å². The van der Waals surface area contributed by atoms with Gasteiger partial charge in [0.05, 0.1) is 5.52 Å². The lowest BCUT2D eigenvalue weighted by molar-refractivity contribution is 0.638. The van der Waals surface area contributed by atoms with Crippen LogP contribution in [-0.4, -0.2) is 4.57 Å². The van der Waals surface area contributed by atoms with Crippen LogP contribution >= 0.6 is 0 Å². The summed E-state index contributed by atoms with van der Waals surface area (Å²) in [4.78, 5) is 0. The van der Waals surface area contributed by atoms with Crippen LogP contribution in [0.2, 0.25) is 0 Å². The Morgan fingerprint density at radius 3 is 3.00 bits per heavy atom. The molecule has 2 aromatic rings. The van der Waals surface area contributed by atoms with Crippen LogP contribution in [0, 0.1) is 5.82 Å². The van der Waals surface area contributed by atoms with E-state index >= 15 is 0 Å². The second kappa shape index (κ2) is 4.30. The van der Waals surface area contributed by atoms with Crippen molar-refractivity contribution < 1.29 is 4.39 Å². The third-order valence-corrected chi connectivity index (χ3v) is 2.57. The predicted molar refractivity (Wildman–Crippen MR) is 61.3 cm³/mol. The number of aryl methyl sites for hydroxylation is 1. The SMILES string of the molecule is C=CCCCn1ccc2c(F)cccc21. The summed E-state index contributed by atoms with van der Waals surface area (Å²) in [5.74, 6) is -0.144. The third kappa shape index (κ3) is 1.94. The molecule has 0 atom stereocenters. The first-order chi connectivity index (χ1) is 7.33. The molecule has 1 heterocycles. The van der Waals surface area contributed by atoms with E-state index in [1.54, 1.807) is 6.07 Å². The van der Waals surface area contributed by atoms with Gasteiger partial charge in [-0.05, 0) is 31.0 Å². The van der Waals surface area contributed by atoms with Crippen molar-refractivity contribution in [2.75, 3.05) is 0 Å². The summed E-state index contributed by atoms with van der Waals surface area (Å²) >= 11 is 0. The lowest BCUT2D eigenvalue weighted by Crippen LogP contribution is -1.95. The van der Waals surface area contributed by atoms with E-state index in [2.05, 4.69) is 11.1 Å². The Kier molecular flexibility index (Phi) is 2.86. The summed E-state index contributed by atoms with van der Waals surface area (Å²) in [6.07, 6.45) is 5.89. The molecule has 0 N–H and O–H groups in total. The summed E-state index contributed by atoms with van der Waals surface area (Å²) in [6, 6.07) is 7.03. The lowest BCUT2D eigenvalue weighted by atomic mass is 10.2. The highest BCUT2D eigenvalue weighted by atomic mass is 19.1. The highest BCUT2D eigenvalue weighted by molar-refractivity contribution is 5.80. The van der Waals surface area contributed by atoms with Crippen molar-refractivity contribution in [3.8, 4) is 0 Å². The van der Waals surface area contributed by atoms with Crippen molar-refractivity contribution in [3.05, 3.63) is 48.9 Å². The number of rotatable bonds is 4. The molecule has 1 aromatic carbocycles. The van der Waals surface area contributed by atoms with Crippen LogP contribution in [0.4, 0.5) is 4.39 Å². The first kappa shape index (κ1) is 9.97. The fraction of sp³-hybridized carbons (Fsp3) is 0.231. The van der Waals surface area contributed by atoms with Crippen LogP contribution in [0.25, 0.3) is 10.9 Å². The molecule has 15 heavy (non-hydrogen) atoms. The molecule has 0 fully saturated rings. The Morgan fingerprint density at radius 2 is 2.20 bits per heavy atom. The number of allylic oxidation sites excluding steroid dienone is 1. The molecule has 0 saturated carbocycles. The second-order valence-electron chi connectivity index (χ2n) is 3.61. The fourth-order valence-corrected chi connectivity index (χ4v) is 1.79. The monoisotopic (exact) mass is 203 g/mol. The number of nitrogens with zero attached hydrogens (tertiary/aromatic N) is 1. The molecule has 0 saturated heterocycles. The number of fused-ring (bicyclic) bond motifs is 1. The standard InChI is InChI=1S/C13H14FN/c1-2-3-4-9-15-10-8-11-12(14)6-5-7-13(11)15/h2,5-8,10H,1,3-4,9H2. The average Bonchev–Trinajstić information content (AvgIpc) is 2.64. The van der Waals surface area contributed by atoms with E-state index in [0.717, 1.165) is 24.9 Å². The van der Waals surface area contributed by atoms with Crippen molar-refractivity contribution in [1.29, 1.82) is 0 Å². The van der Waals surface area contributed by atoms with Gasteiger partial charge in [-0.15, -0.1) is 6.58 Å². The predicted octanol–water partition coefficient (Wildman–Crippen LogP) is 3.75. The van der Waals surface area contributed by atoms with Crippen LogP contribution in [0.1, 0.15) is 12.8 Å². The highest BCUT2D eigenvalue weighted by Crippen LogP contribution is 2.19. The maximum absolute atomic E-state index is 13.4. The Balaban J connectivity index is 2.28. The first-order valence-electron chi connectivity index (χ1n) is 5.17. The molecule has 2 rings (SSSR count). The Hall–Kier alpha value is -1.57. The minimum absolute atomic E-state index is 0.144. The van der Waals surface area contributed by atoms with E-state index in [-0.39, 0.29) is 5.82 Å². The zero-order valence-electron chi connectivity index (χ0n) is 8.62. The van der Waals surface area contributed by atoms with Crippen molar-refractivity contribution in [2.45, 2.75) is 19.4 Å². The number of aromatic nitrogens is 1. The van der Waals surface area contributed by atoms with Gasteiger partial charge in [-0.2, -0.15) is 0 Å². The molecule has 78 valence electrons. The molecule has 0 aliphatic carbocycles. The van der Waals surface area contributed by atoms with Gasteiger partial charge < -0.3 is 4.57 Å². The fourth-order valence-electron chi connectivity index (χ4n) is 1.79. The quantitative estimate of drug-likeness (QED) is 0.527. The van der Waals surface area contributed by atoms with Crippen LogP contribution in [0.15, 0.2) is 43.1 Å². The summed E-state index contributed by atoms with van der Waals surface area (Å²) in [5.41, 5.74) is 0.971. The van der Waals surface area contributed by atoms with Crippen molar-refractivity contribution in [3.63, 3.8) is 0 Å². The topological polar surface area (TPSA) is 4.93 Å². The number of unbranched alkanes of at least 4 members (excludes halogenated alkanes) is 1. The molecular weight excluding hydrogens is 189 g/mol. The maximum atomic E-state index is 13.4. The zero-order valence-corrected chi connectivity index (χ0v) is 8.62. The van der Waals surface area contributed by atoms with Gasteiger partial charge in [0, 0.05) is 18.1 Å². The van der Waals surface area contributed by atoms with E-state index < -0.39 is 0 Å². The van der Waals surface area contributed by atoms with Crippen LogP contribution in [0.3, 0.4) is 0 Å².